The molecule has 4 atom stereocenters. The average molecular weight is 733 g/mol. The van der Waals surface area contributed by atoms with Gasteiger partial charge in [-0.1, -0.05) is 81.3 Å². The van der Waals surface area contributed by atoms with E-state index >= 15 is 0 Å². The number of aliphatic hydroxyl groups excluding tert-OH is 1. The van der Waals surface area contributed by atoms with Gasteiger partial charge in [-0.05, 0) is 56.5 Å². The summed E-state index contributed by atoms with van der Waals surface area (Å²) in [5.74, 6) is -0.430. The number of hydrogen-bond donors (Lipinski definition) is 8. The normalized spacial score (nSPS) is 12.6. The molecule has 52 heavy (non-hydrogen) atoms. The molecule has 0 bridgehead atoms. The SMILES string of the molecule is CC.CC(NC[C@H](Cc1ccccc1)NC(=O)c1cc(C(N)=O)cc(N(C)S)c1)C(=O)NC(C)C(C)O.O=CNCc1ccc(-c2ncc[nH]2)cc1. The highest BCUT2D eigenvalue weighted by Gasteiger charge is 2.21. The van der Waals surface area contributed by atoms with Gasteiger partial charge in [0.25, 0.3) is 5.91 Å². The van der Waals surface area contributed by atoms with Gasteiger partial charge in [-0.2, -0.15) is 0 Å². The molecule has 280 valence electrons. The highest BCUT2D eigenvalue weighted by molar-refractivity contribution is 7.81. The predicted molar refractivity (Wildman–Crippen MR) is 209 cm³/mol. The molecule has 4 rings (SSSR count). The van der Waals surface area contributed by atoms with E-state index in [4.69, 9.17) is 5.73 Å². The van der Waals surface area contributed by atoms with Gasteiger partial charge in [0.15, 0.2) is 0 Å². The van der Waals surface area contributed by atoms with Crippen LogP contribution in [0.25, 0.3) is 11.4 Å². The van der Waals surface area contributed by atoms with E-state index in [2.05, 4.69) is 44.0 Å². The number of aliphatic hydroxyl groups is 1. The Morgan fingerprint density at radius 2 is 1.62 bits per heavy atom. The Bertz CT molecular complexity index is 1670. The number of nitrogens with one attached hydrogen (secondary N) is 5. The summed E-state index contributed by atoms with van der Waals surface area (Å²) >= 11 is 4.25. The summed E-state index contributed by atoms with van der Waals surface area (Å²) in [5.41, 5.74) is 9.57. The Kier molecular flexibility index (Phi) is 18.7. The summed E-state index contributed by atoms with van der Waals surface area (Å²) in [6.45, 7) is 9.93. The van der Waals surface area contributed by atoms with E-state index in [1.165, 1.54) is 10.4 Å². The van der Waals surface area contributed by atoms with Gasteiger partial charge >= 0.3 is 0 Å². The van der Waals surface area contributed by atoms with Crippen molar-refractivity contribution in [2.75, 3.05) is 17.9 Å². The van der Waals surface area contributed by atoms with Crippen LogP contribution in [-0.2, 0) is 22.6 Å². The van der Waals surface area contributed by atoms with Gasteiger partial charge in [0.1, 0.15) is 5.82 Å². The Labute approximate surface area is 311 Å². The van der Waals surface area contributed by atoms with E-state index < -0.39 is 18.1 Å². The maximum atomic E-state index is 13.2. The molecular formula is C38H52N8O5S. The zero-order chi connectivity index (χ0) is 38.6. The molecule has 14 heteroatoms. The highest BCUT2D eigenvalue weighted by atomic mass is 32.1. The minimum absolute atomic E-state index is 0.198. The third kappa shape index (κ3) is 14.6. The number of primary amides is 1. The fourth-order valence-electron chi connectivity index (χ4n) is 4.66. The van der Waals surface area contributed by atoms with Gasteiger partial charge in [0.05, 0.1) is 18.2 Å². The first kappa shape index (κ1) is 43.0. The molecule has 0 aliphatic heterocycles. The zero-order valence-electron chi connectivity index (χ0n) is 30.6. The topological polar surface area (TPSA) is 195 Å². The number of nitrogens with zero attached hydrogens (tertiary/aromatic N) is 2. The molecule has 0 saturated carbocycles. The van der Waals surface area contributed by atoms with Crippen molar-refractivity contribution in [2.45, 2.75) is 71.8 Å². The van der Waals surface area contributed by atoms with Crippen LogP contribution in [0.15, 0.2) is 85.2 Å². The van der Waals surface area contributed by atoms with Crippen LogP contribution in [0.3, 0.4) is 0 Å². The van der Waals surface area contributed by atoms with Crippen LogP contribution >= 0.6 is 12.8 Å². The number of thiol groups is 1. The number of benzene rings is 3. The summed E-state index contributed by atoms with van der Waals surface area (Å²) in [4.78, 5) is 54.6. The molecule has 4 amide bonds. The second-order valence-electron chi connectivity index (χ2n) is 11.8. The third-order valence-electron chi connectivity index (χ3n) is 7.77. The number of H-pyrrole nitrogens is 1. The molecule has 0 aliphatic rings. The van der Waals surface area contributed by atoms with E-state index in [9.17, 15) is 24.3 Å². The molecule has 0 saturated heterocycles. The van der Waals surface area contributed by atoms with Crippen molar-refractivity contribution < 1.29 is 24.3 Å². The van der Waals surface area contributed by atoms with Crippen LogP contribution in [0.5, 0.6) is 0 Å². The van der Waals surface area contributed by atoms with E-state index in [0.717, 1.165) is 22.5 Å². The molecule has 0 spiro atoms. The molecule has 1 heterocycles. The molecule has 4 aromatic rings. The molecule has 0 radical (unpaired) electrons. The molecule has 3 aromatic carbocycles. The largest absolute Gasteiger partial charge is 0.391 e. The number of aromatic nitrogens is 2. The van der Waals surface area contributed by atoms with Crippen LogP contribution in [0, 0.1) is 0 Å². The average Bonchev–Trinajstić information content (AvgIpc) is 3.69. The van der Waals surface area contributed by atoms with Crippen molar-refractivity contribution in [1.82, 2.24) is 31.2 Å². The van der Waals surface area contributed by atoms with E-state index in [0.29, 0.717) is 31.6 Å². The molecule has 0 fully saturated rings. The van der Waals surface area contributed by atoms with Gasteiger partial charge < -0.3 is 41.4 Å². The van der Waals surface area contributed by atoms with Crippen LogP contribution in [0.4, 0.5) is 5.69 Å². The first-order chi connectivity index (χ1) is 24.9. The maximum Gasteiger partial charge on any atom is 0.251 e. The first-order valence-electron chi connectivity index (χ1n) is 17.1. The van der Waals surface area contributed by atoms with Crippen LogP contribution in [-0.4, -0.2) is 77.0 Å². The van der Waals surface area contributed by atoms with Crippen LogP contribution in [0.1, 0.15) is 66.5 Å². The van der Waals surface area contributed by atoms with Crippen LogP contribution < -0.4 is 31.3 Å². The number of rotatable bonds is 16. The Balaban J connectivity index is 0.000000454. The number of imidazole rings is 1. The summed E-state index contributed by atoms with van der Waals surface area (Å²) in [7, 11) is 1.68. The standard InChI is InChI=1S/C25H35N5O4S.C11H11N3O.C2H6/c1-15(17(3)31)28-24(33)16(2)27-14-21(10-18-8-6-5-7-9-18)29-25(34)20-11-19(23(26)32)12-22(13-20)30(4)35;15-8-12-7-9-1-3-10(4-2-9)11-13-5-6-14-11;1-2/h5-9,11-13,15-17,21,27,31,35H,10,14H2,1-4H3,(H2,26,32)(H,28,33)(H,29,34);1-6,8H,7H2,(H,12,15)(H,13,14);1-2H3/t15?,16?,17?,21-;;/m0../s1. The van der Waals surface area contributed by atoms with Gasteiger partial charge in [0, 0.05) is 61.0 Å². The zero-order valence-corrected chi connectivity index (χ0v) is 31.5. The number of aromatic amines is 1. The van der Waals surface area contributed by atoms with Crippen molar-refractivity contribution in [3.8, 4) is 11.4 Å². The lowest BCUT2D eigenvalue weighted by Gasteiger charge is -2.24. The molecule has 13 nitrogen and oxygen atoms in total. The van der Waals surface area contributed by atoms with Crippen LogP contribution in [0.2, 0.25) is 0 Å². The second-order valence-corrected chi connectivity index (χ2v) is 12.4. The van der Waals surface area contributed by atoms with Crippen molar-refractivity contribution in [1.29, 1.82) is 0 Å². The molecule has 0 aliphatic carbocycles. The lowest BCUT2D eigenvalue weighted by molar-refractivity contribution is -0.124. The molecule has 1 aromatic heterocycles. The lowest BCUT2D eigenvalue weighted by atomic mass is 10.0. The number of carbonyl (C=O) groups excluding carboxylic acids is 4. The van der Waals surface area contributed by atoms with E-state index in [1.54, 1.807) is 52.3 Å². The third-order valence-corrected chi connectivity index (χ3v) is 8.00. The van der Waals surface area contributed by atoms with Gasteiger partial charge in [-0.15, -0.1) is 0 Å². The highest BCUT2D eigenvalue weighted by Crippen LogP contribution is 2.20. The quantitative estimate of drug-likeness (QED) is 0.0632. The fraction of sp³-hybridized carbons (Fsp3) is 0.342. The Morgan fingerprint density at radius 1 is 0.962 bits per heavy atom. The molecule has 3 unspecified atom stereocenters. The van der Waals surface area contributed by atoms with E-state index in [-0.39, 0.29) is 35.0 Å². The first-order valence-corrected chi connectivity index (χ1v) is 17.5. The molecular weight excluding hydrogens is 681 g/mol. The van der Waals surface area contributed by atoms with Crippen molar-refractivity contribution in [3.63, 3.8) is 0 Å². The summed E-state index contributed by atoms with van der Waals surface area (Å²) in [5, 5.41) is 21.2. The van der Waals surface area contributed by atoms with Gasteiger partial charge in [-0.3, -0.25) is 19.2 Å². The number of carbonyl (C=O) groups is 4. The summed E-state index contributed by atoms with van der Waals surface area (Å²) in [6.07, 6.45) is 4.05. The lowest BCUT2D eigenvalue weighted by Crippen LogP contribution is -2.52. The smallest absolute Gasteiger partial charge is 0.251 e. The summed E-state index contributed by atoms with van der Waals surface area (Å²) in [6, 6.07) is 20.9. The number of hydrogen-bond acceptors (Lipinski definition) is 9. The predicted octanol–water partition coefficient (Wildman–Crippen LogP) is 3.62. The monoisotopic (exact) mass is 732 g/mol. The number of nitrogens with two attached hydrogens (primary N) is 1. The maximum absolute atomic E-state index is 13.2. The number of amides is 4. The van der Waals surface area contributed by atoms with Crippen molar-refractivity contribution in [2.24, 2.45) is 5.73 Å². The second kappa shape index (κ2) is 22.6. The van der Waals surface area contributed by atoms with Gasteiger partial charge in [0.2, 0.25) is 18.2 Å². The van der Waals surface area contributed by atoms with Crippen molar-refractivity contribution in [3.05, 3.63) is 107 Å². The Morgan fingerprint density at radius 3 is 2.17 bits per heavy atom. The summed E-state index contributed by atoms with van der Waals surface area (Å²) < 4.78 is 1.49. The Hall–Kier alpha value is -5.18. The van der Waals surface area contributed by atoms with Gasteiger partial charge in [-0.25, -0.2) is 4.98 Å². The molecule has 8 N–H and O–H groups in total. The fourth-order valence-corrected chi connectivity index (χ4v) is 4.77. The minimum atomic E-state index is -0.673. The number of anilines is 1. The van der Waals surface area contributed by atoms with E-state index in [1.807, 2.05) is 68.4 Å². The minimum Gasteiger partial charge on any atom is -0.391 e. The van der Waals surface area contributed by atoms with Crippen molar-refractivity contribution >= 4 is 42.6 Å².